The van der Waals surface area contributed by atoms with Crippen LogP contribution in [-0.4, -0.2) is 41.6 Å². The fourth-order valence-electron chi connectivity index (χ4n) is 6.67. The first-order valence-corrected chi connectivity index (χ1v) is 9.79. The Kier molecular flexibility index (Phi) is 4.08. The van der Waals surface area contributed by atoms with E-state index in [1.807, 2.05) is 6.92 Å². The number of hydrogen-bond acceptors (Lipinski definition) is 5. The average molecular weight is 364 g/mol. The van der Waals surface area contributed by atoms with Crippen molar-refractivity contribution in [1.29, 1.82) is 0 Å². The van der Waals surface area contributed by atoms with Crippen molar-refractivity contribution in [2.45, 2.75) is 64.6 Å². The van der Waals surface area contributed by atoms with Crippen molar-refractivity contribution < 1.29 is 29.0 Å². The highest BCUT2D eigenvalue weighted by Gasteiger charge is 2.69. The molecule has 6 heteroatoms. The molecular weight excluding hydrogens is 336 g/mol. The third kappa shape index (κ3) is 2.27. The molecule has 1 heterocycles. The van der Waals surface area contributed by atoms with Crippen molar-refractivity contribution in [3.63, 3.8) is 0 Å². The molecule has 0 radical (unpaired) electrons. The molecule has 0 aromatic heterocycles. The number of ether oxygens (including phenoxy) is 2. The van der Waals surface area contributed by atoms with Gasteiger partial charge in [-0.1, -0.05) is 13.8 Å². The first kappa shape index (κ1) is 18.1. The van der Waals surface area contributed by atoms with Crippen LogP contribution in [0.5, 0.6) is 0 Å². The van der Waals surface area contributed by atoms with Crippen molar-refractivity contribution in [1.82, 2.24) is 0 Å². The maximum absolute atomic E-state index is 13.3. The van der Waals surface area contributed by atoms with Crippen LogP contribution in [0, 0.1) is 28.6 Å². The van der Waals surface area contributed by atoms with Gasteiger partial charge < -0.3 is 14.6 Å². The predicted octanol–water partition coefficient (Wildman–Crippen LogP) is 2.59. The highest BCUT2D eigenvalue weighted by molar-refractivity contribution is 5.95. The Morgan fingerprint density at radius 1 is 1.19 bits per heavy atom. The maximum atomic E-state index is 13.3. The third-order valence-electron chi connectivity index (χ3n) is 7.95. The summed E-state index contributed by atoms with van der Waals surface area (Å²) in [6, 6.07) is 0. The van der Waals surface area contributed by atoms with E-state index in [1.54, 1.807) is 0 Å². The van der Waals surface area contributed by atoms with Gasteiger partial charge in [0.2, 0.25) is 0 Å². The number of carbonyl (C=O) groups is 3. The van der Waals surface area contributed by atoms with Crippen LogP contribution in [0.3, 0.4) is 0 Å². The van der Waals surface area contributed by atoms with E-state index in [0.29, 0.717) is 32.5 Å². The molecule has 3 aliphatic carbocycles. The summed E-state index contributed by atoms with van der Waals surface area (Å²) in [6.07, 6.45) is 3.42. The Hall–Kier alpha value is -1.27. The van der Waals surface area contributed by atoms with E-state index in [4.69, 9.17) is 14.6 Å². The van der Waals surface area contributed by atoms with Gasteiger partial charge >= 0.3 is 5.97 Å². The van der Waals surface area contributed by atoms with E-state index in [2.05, 4.69) is 6.92 Å². The summed E-state index contributed by atoms with van der Waals surface area (Å²) in [5.41, 5.74) is -1.21. The number of ketones is 2. The SMILES string of the molecule is CC1(CCC(=O)O)C(=O)CCC2C1C(=O)CC1(C)C2CCC12OCCO2. The van der Waals surface area contributed by atoms with E-state index in [0.717, 1.165) is 12.8 Å². The van der Waals surface area contributed by atoms with E-state index in [-0.39, 0.29) is 47.6 Å². The minimum absolute atomic E-state index is 0.0537. The monoisotopic (exact) mass is 364 g/mol. The fraction of sp³-hybridized carbons (Fsp3) is 0.850. The molecule has 4 fully saturated rings. The molecule has 26 heavy (non-hydrogen) atoms. The number of hydrogen-bond donors (Lipinski definition) is 1. The summed E-state index contributed by atoms with van der Waals surface area (Å²) >= 11 is 0. The van der Waals surface area contributed by atoms with E-state index in [9.17, 15) is 14.4 Å². The highest BCUT2D eigenvalue weighted by atomic mass is 16.7. The number of carboxylic acids is 1. The molecule has 1 spiro atoms. The van der Waals surface area contributed by atoms with Crippen molar-refractivity contribution in [3.05, 3.63) is 0 Å². The standard InChI is InChI=1S/C20H28O6/c1-18(7-6-16(23)24)15(22)4-3-12-13-5-8-20(25-9-10-26-20)19(13,2)11-14(21)17(12)18/h12-13,17H,3-11H2,1-2H3,(H,23,24). The molecule has 0 bridgehead atoms. The van der Waals surface area contributed by atoms with Crippen molar-refractivity contribution in [3.8, 4) is 0 Å². The second-order valence-electron chi connectivity index (χ2n) is 9.07. The quantitative estimate of drug-likeness (QED) is 0.828. The molecule has 1 aliphatic heterocycles. The van der Waals surface area contributed by atoms with Crippen LogP contribution in [0.2, 0.25) is 0 Å². The van der Waals surface area contributed by atoms with Crippen molar-refractivity contribution in [2.24, 2.45) is 28.6 Å². The molecule has 0 aromatic carbocycles. The Balaban J connectivity index is 1.68. The fourth-order valence-corrected chi connectivity index (χ4v) is 6.67. The summed E-state index contributed by atoms with van der Waals surface area (Å²) in [5, 5.41) is 9.11. The average Bonchev–Trinajstić information content (AvgIpc) is 3.16. The van der Waals surface area contributed by atoms with Gasteiger partial charge in [-0.2, -0.15) is 0 Å². The number of carbonyl (C=O) groups excluding carboxylic acids is 2. The van der Waals surface area contributed by atoms with Crippen LogP contribution in [0.15, 0.2) is 0 Å². The Bertz CT molecular complexity index is 651. The zero-order valence-corrected chi connectivity index (χ0v) is 15.6. The van der Waals surface area contributed by atoms with Crippen LogP contribution in [-0.2, 0) is 23.9 Å². The van der Waals surface area contributed by atoms with Crippen molar-refractivity contribution >= 4 is 17.5 Å². The van der Waals surface area contributed by atoms with Gasteiger partial charge in [0, 0.05) is 42.4 Å². The Morgan fingerprint density at radius 3 is 2.54 bits per heavy atom. The molecule has 1 saturated heterocycles. The number of fused-ring (bicyclic) bond motifs is 4. The molecule has 5 atom stereocenters. The first-order chi connectivity index (χ1) is 12.2. The van der Waals surface area contributed by atoms with Gasteiger partial charge in [-0.25, -0.2) is 0 Å². The number of Topliss-reactive ketones (excluding diaryl/α,β-unsaturated/α-hetero) is 2. The van der Waals surface area contributed by atoms with Crippen LogP contribution >= 0.6 is 0 Å². The largest absolute Gasteiger partial charge is 0.481 e. The van der Waals surface area contributed by atoms with E-state index >= 15 is 0 Å². The van der Waals surface area contributed by atoms with Gasteiger partial charge in [-0.15, -0.1) is 0 Å². The van der Waals surface area contributed by atoms with Crippen LogP contribution in [0.4, 0.5) is 0 Å². The molecule has 6 nitrogen and oxygen atoms in total. The lowest BCUT2D eigenvalue weighted by molar-refractivity contribution is -0.239. The number of carboxylic acid groups (broad SMARTS) is 1. The van der Waals surface area contributed by atoms with E-state index in [1.165, 1.54) is 0 Å². The first-order valence-electron chi connectivity index (χ1n) is 9.79. The zero-order valence-electron chi connectivity index (χ0n) is 15.6. The van der Waals surface area contributed by atoms with Crippen LogP contribution in [0.25, 0.3) is 0 Å². The van der Waals surface area contributed by atoms with E-state index < -0.39 is 17.2 Å². The second-order valence-corrected chi connectivity index (χ2v) is 9.07. The van der Waals surface area contributed by atoms with Gasteiger partial charge in [-0.05, 0) is 31.1 Å². The summed E-state index contributed by atoms with van der Waals surface area (Å²) < 4.78 is 12.1. The Morgan fingerprint density at radius 2 is 1.88 bits per heavy atom. The molecule has 144 valence electrons. The summed E-state index contributed by atoms with van der Waals surface area (Å²) in [6.45, 7) is 5.08. The van der Waals surface area contributed by atoms with Gasteiger partial charge in [0.1, 0.15) is 11.6 Å². The summed E-state index contributed by atoms with van der Waals surface area (Å²) in [7, 11) is 0. The highest BCUT2D eigenvalue weighted by Crippen LogP contribution is 2.66. The molecule has 0 amide bonds. The molecule has 5 unspecified atom stereocenters. The van der Waals surface area contributed by atoms with Gasteiger partial charge in [0.05, 0.1) is 13.2 Å². The van der Waals surface area contributed by atoms with Gasteiger partial charge in [-0.3, -0.25) is 14.4 Å². The lowest BCUT2D eigenvalue weighted by Crippen LogP contribution is -2.59. The molecule has 1 N–H and O–H groups in total. The zero-order chi connectivity index (χ0) is 18.7. The molecule has 0 aromatic rings. The second kappa shape index (κ2) is 5.86. The normalized spacial score (nSPS) is 44.2. The molecule has 3 saturated carbocycles. The summed E-state index contributed by atoms with van der Waals surface area (Å²) in [5.74, 6) is -1.39. The maximum Gasteiger partial charge on any atom is 0.303 e. The molecule has 4 aliphatic rings. The number of aliphatic carboxylic acids is 1. The lowest BCUT2D eigenvalue weighted by Gasteiger charge is -2.55. The van der Waals surface area contributed by atoms with Crippen molar-refractivity contribution in [2.75, 3.05) is 13.2 Å². The topological polar surface area (TPSA) is 89.9 Å². The Labute approximate surface area is 153 Å². The minimum Gasteiger partial charge on any atom is -0.481 e. The molecule has 4 rings (SSSR count). The number of rotatable bonds is 3. The molecular formula is C20H28O6. The van der Waals surface area contributed by atoms with Gasteiger partial charge in [0.15, 0.2) is 5.79 Å². The van der Waals surface area contributed by atoms with Crippen LogP contribution < -0.4 is 0 Å². The van der Waals surface area contributed by atoms with Crippen LogP contribution in [0.1, 0.15) is 58.8 Å². The predicted molar refractivity (Wildman–Crippen MR) is 91.3 cm³/mol. The smallest absolute Gasteiger partial charge is 0.303 e. The lowest BCUT2D eigenvalue weighted by atomic mass is 9.48. The minimum atomic E-state index is -0.915. The van der Waals surface area contributed by atoms with Gasteiger partial charge in [0.25, 0.3) is 0 Å². The summed E-state index contributed by atoms with van der Waals surface area (Å²) in [4.78, 5) is 37.2. The third-order valence-corrected chi connectivity index (χ3v) is 7.95.